The van der Waals surface area contributed by atoms with Crippen LogP contribution in [0.5, 0.6) is 0 Å². The van der Waals surface area contributed by atoms with Gasteiger partial charge in [0.25, 0.3) is 0 Å². The summed E-state index contributed by atoms with van der Waals surface area (Å²) in [5.41, 5.74) is -1.02. The van der Waals surface area contributed by atoms with Crippen LogP contribution in [0, 0.1) is 16.7 Å². The first kappa shape index (κ1) is 10.9. The summed E-state index contributed by atoms with van der Waals surface area (Å²) in [4.78, 5) is 11.2. The molecule has 0 saturated carbocycles. The Morgan fingerprint density at radius 2 is 2.25 bits per heavy atom. The largest absolute Gasteiger partial charge is 0.394 e. The van der Waals surface area contributed by atoms with Gasteiger partial charge >= 0.3 is 0 Å². The number of carbonyl (C=O) groups excluding carboxylic acids is 1. The summed E-state index contributed by atoms with van der Waals surface area (Å²) in [6, 6.07) is 1.58. The minimum absolute atomic E-state index is 0.118. The van der Waals surface area contributed by atoms with Gasteiger partial charge in [0, 0.05) is 6.04 Å². The highest BCUT2D eigenvalue weighted by Crippen LogP contribution is 2.12. The van der Waals surface area contributed by atoms with Crippen LogP contribution in [0.1, 0.15) is 20.8 Å². The summed E-state index contributed by atoms with van der Waals surface area (Å²) < 4.78 is 0. The summed E-state index contributed by atoms with van der Waals surface area (Å²) in [7, 11) is 0. The number of aliphatic hydroxyl groups is 1. The molecule has 0 heterocycles. The lowest BCUT2D eigenvalue weighted by Crippen LogP contribution is -2.42. The second-order valence-electron chi connectivity index (χ2n) is 3.29. The molecule has 0 saturated heterocycles. The van der Waals surface area contributed by atoms with Gasteiger partial charge in [-0.15, -0.1) is 0 Å². The van der Waals surface area contributed by atoms with Crippen LogP contribution in [-0.4, -0.2) is 23.7 Å². The van der Waals surface area contributed by atoms with E-state index in [1.165, 1.54) is 13.8 Å². The Hall–Kier alpha value is -1.08. The van der Waals surface area contributed by atoms with Crippen LogP contribution in [0.25, 0.3) is 0 Å². The molecule has 68 valence electrons. The van der Waals surface area contributed by atoms with E-state index in [-0.39, 0.29) is 18.6 Å². The second kappa shape index (κ2) is 4.07. The second-order valence-corrected chi connectivity index (χ2v) is 3.29. The molecule has 0 spiro atoms. The van der Waals surface area contributed by atoms with E-state index in [9.17, 15) is 4.79 Å². The van der Waals surface area contributed by atoms with Crippen molar-refractivity contribution in [3.05, 3.63) is 0 Å². The number of nitrogens with one attached hydrogen (secondary N) is 1. The molecule has 0 aromatic carbocycles. The molecule has 0 aliphatic rings. The number of amides is 1. The molecule has 0 radical (unpaired) electrons. The maximum absolute atomic E-state index is 11.2. The molecule has 1 atom stereocenters. The maximum atomic E-state index is 11.2. The molecule has 0 aromatic heterocycles. The first-order chi connectivity index (χ1) is 5.44. The van der Waals surface area contributed by atoms with Crippen molar-refractivity contribution >= 4 is 5.91 Å². The van der Waals surface area contributed by atoms with Crippen LogP contribution in [0.15, 0.2) is 0 Å². The molecule has 4 heteroatoms. The normalized spacial score (nSPS) is 13.2. The van der Waals surface area contributed by atoms with Crippen LogP contribution in [-0.2, 0) is 4.79 Å². The number of nitrogens with zero attached hydrogens (tertiary/aromatic N) is 1. The van der Waals surface area contributed by atoms with E-state index in [0.29, 0.717) is 0 Å². The Morgan fingerprint density at radius 1 is 1.75 bits per heavy atom. The Labute approximate surface area is 72.2 Å². The number of hydrogen-bond donors (Lipinski definition) is 2. The van der Waals surface area contributed by atoms with Crippen molar-refractivity contribution in [1.29, 1.82) is 5.26 Å². The van der Waals surface area contributed by atoms with Gasteiger partial charge in [-0.2, -0.15) is 5.26 Å². The standard InChI is InChI=1S/C8H14N2O2/c1-6(4-11)10-7(12)8(2,3)5-9/h6,11H,4H2,1-3H3,(H,10,12). The monoisotopic (exact) mass is 170 g/mol. The Morgan fingerprint density at radius 3 is 2.58 bits per heavy atom. The van der Waals surface area contributed by atoms with Gasteiger partial charge in [-0.3, -0.25) is 4.79 Å². The fraction of sp³-hybridized carbons (Fsp3) is 0.750. The smallest absolute Gasteiger partial charge is 0.240 e. The third-order valence-corrected chi connectivity index (χ3v) is 1.50. The summed E-state index contributed by atoms with van der Waals surface area (Å²) in [6.45, 7) is 4.62. The van der Waals surface area contributed by atoms with Gasteiger partial charge in [0.2, 0.25) is 5.91 Å². The van der Waals surface area contributed by atoms with Gasteiger partial charge in [0.05, 0.1) is 12.7 Å². The lowest BCUT2D eigenvalue weighted by atomic mass is 9.94. The number of rotatable bonds is 3. The van der Waals surface area contributed by atoms with Crippen LogP contribution in [0.2, 0.25) is 0 Å². The maximum Gasteiger partial charge on any atom is 0.240 e. The molecular weight excluding hydrogens is 156 g/mol. The van der Waals surface area contributed by atoms with Crippen molar-refractivity contribution in [2.24, 2.45) is 5.41 Å². The van der Waals surface area contributed by atoms with Gasteiger partial charge < -0.3 is 10.4 Å². The summed E-state index contributed by atoms with van der Waals surface area (Å²) in [5.74, 6) is -0.355. The molecule has 0 bridgehead atoms. The molecule has 0 rings (SSSR count). The summed E-state index contributed by atoms with van der Waals surface area (Å²) in [5, 5.41) is 19.7. The van der Waals surface area contributed by atoms with Gasteiger partial charge in [-0.25, -0.2) is 0 Å². The van der Waals surface area contributed by atoms with Gasteiger partial charge in [-0.05, 0) is 20.8 Å². The van der Waals surface area contributed by atoms with Crippen molar-refractivity contribution in [2.45, 2.75) is 26.8 Å². The van der Waals surface area contributed by atoms with Crippen molar-refractivity contribution in [1.82, 2.24) is 5.32 Å². The fourth-order valence-corrected chi connectivity index (χ4v) is 0.501. The van der Waals surface area contributed by atoms with E-state index in [0.717, 1.165) is 0 Å². The molecule has 1 amide bonds. The van der Waals surface area contributed by atoms with Crippen LogP contribution < -0.4 is 5.32 Å². The van der Waals surface area contributed by atoms with Crippen molar-refractivity contribution < 1.29 is 9.90 Å². The Balaban J connectivity index is 4.15. The molecule has 12 heavy (non-hydrogen) atoms. The topological polar surface area (TPSA) is 73.1 Å². The number of nitriles is 1. The van der Waals surface area contributed by atoms with Crippen molar-refractivity contribution in [2.75, 3.05) is 6.61 Å². The highest BCUT2D eigenvalue weighted by molar-refractivity contribution is 5.84. The van der Waals surface area contributed by atoms with E-state index in [1.807, 2.05) is 6.07 Å². The third kappa shape index (κ3) is 2.89. The number of aliphatic hydroxyl groups excluding tert-OH is 1. The van der Waals surface area contributed by atoms with Gasteiger partial charge in [-0.1, -0.05) is 0 Å². The average Bonchev–Trinajstić information content (AvgIpc) is 2.04. The summed E-state index contributed by atoms with van der Waals surface area (Å²) >= 11 is 0. The van der Waals surface area contributed by atoms with Crippen molar-refractivity contribution in [3.8, 4) is 6.07 Å². The quantitative estimate of drug-likeness (QED) is 0.627. The highest BCUT2D eigenvalue weighted by atomic mass is 16.3. The lowest BCUT2D eigenvalue weighted by molar-refractivity contribution is -0.127. The average molecular weight is 170 g/mol. The molecule has 0 aliphatic carbocycles. The molecular formula is C8H14N2O2. The van der Waals surface area contributed by atoms with E-state index in [4.69, 9.17) is 10.4 Å². The van der Waals surface area contributed by atoms with Crippen molar-refractivity contribution in [3.63, 3.8) is 0 Å². The first-order valence-corrected chi connectivity index (χ1v) is 3.77. The number of hydrogen-bond acceptors (Lipinski definition) is 3. The molecule has 2 N–H and O–H groups in total. The predicted octanol–water partition coefficient (Wildman–Crippen LogP) is 0.0332. The zero-order valence-electron chi connectivity index (χ0n) is 7.59. The third-order valence-electron chi connectivity index (χ3n) is 1.50. The Kier molecular flexibility index (Phi) is 3.71. The predicted molar refractivity (Wildman–Crippen MR) is 44.1 cm³/mol. The zero-order valence-corrected chi connectivity index (χ0v) is 7.59. The molecule has 0 aliphatic heterocycles. The van der Waals surface area contributed by atoms with Crippen LogP contribution >= 0.6 is 0 Å². The zero-order chi connectivity index (χ0) is 9.78. The van der Waals surface area contributed by atoms with E-state index in [1.54, 1.807) is 6.92 Å². The highest BCUT2D eigenvalue weighted by Gasteiger charge is 2.27. The lowest BCUT2D eigenvalue weighted by Gasteiger charge is -2.18. The van der Waals surface area contributed by atoms with Crippen LogP contribution in [0.4, 0.5) is 0 Å². The fourth-order valence-electron chi connectivity index (χ4n) is 0.501. The molecule has 0 aromatic rings. The van der Waals surface area contributed by atoms with Gasteiger partial charge in [0.1, 0.15) is 5.41 Å². The van der Waals surface area contributed by atoms with Gasteiger partial charge in [0.15, 0.2) is 0 Å². The molecule has 1 unspecified atom stereocenters. The van der Waals surface area contributed by atoms with E-state index in [2.05, 4.69) is 5.32 Å². The SMILES string of the molecule is CC(CO)NC(=O)C(C)(C)C#N. The Bertz CT molecular complexity index is 206. The molecule has 4 nitrogen and oxygen atoms in total. The van der Waals surface area contributed by atoms with E-state index >= 15 is 0 Å². The molecule has 0 fully saturated rings. The van der Waals surface area contributed by atoms with E-state index < -0.39 is 5.41 Å². The first-order valence-electron chi connectivity index (χ1n) is 3.77. The number of carbonyl (C=O) groups is 1. The van der Waals surface area contributed by atoms with Crippen LogP contribution in [0.3, 0.4) is 0 Å². The summed E-state index contributed by atoms with van der Waals surface area (Å²) in [6.07, 6.45) is 0. The minimum Gasteiger partial charge on any atom is -0.394 e. The minimum atomic E-state index is -1.02.